The van der Waals surface area contributed by atoms with Crippen molar-refractivity contribution in [3.8, 4) is 11.5 Å². The molecule has 2 aromatic carbocycles. The molecule has 0 aliphatic heterocycles. The van der Waals surface area contributed by atoms with Crippen LogP contribution in [0.3, 0.4) is 0 Å². The molecule has 2 nitrogen and oxygen atoms in total. The van der Waals surface area contributed by atoms with Crippen molar-refractivity contribution in [2.24, 2.45) is 5.92 Å². The number of hydrogen-bond donors (Lipinski definition) is 0. The lowest BCUT2D eigenvalue weighted by molar-refractivity contribution is 0.284. The number of para-hydroxylation sites is 1. The van der Waals surface area contributed by atoms with Crippen LogP contribution >= 0.6 is 11.6 Å². The Kier molecular flexibility index (Phi) is 6.42. The molecule has 0 bridgehead atoms. The minimum Gasteiger partial charge on any atom is -0.497 e. The van der Waals surface area contributed by atoms with Crippen molar-refractivity contribution < 1.29 is 9.47 Å². The lowest BCUT2D eigenvalue weighted by Crippen LogP contribution is -2.11. The largest absolute Gasteiger partial charge is 0.497 e. The average Bonchev–Trinajstić information content (AvgIpc) is 2.55. The molecule has 0 radical (unpaired) electrons. The van der Waals surface area contributed by atoms with Gasteiger partial charge in [0.25, 0.3) is 0 Å². The Balaban J connectivity index is 1.79. The summed E-state index contributed by atoms with van der Waals surface area (Å²) >= 11 is 6.08. The van der Waals surface area contributed by atoms with Crippen molar-refractivity contribution in [1.29, 1.82) is 0 Å². The Morgan fingerprint density at radius 1 is 0.952 bits per heavy atom. The Bertz CT molecular complexity index is 511. The zero-order valence-corrected chi connectivity index (χ0v) is 13.1. The number of halogens is 1. The third-order valence-electron chi connectivity index (χ3n) is 3.44. The van der Waals surface area contributed by atoms with Gasteiger partial charge in [0, 0.05) is 5.88 Å². The molecule has 1 atom stereocenters. The molecule has 0 saturated heterocycles. The predicted molar refractivity (Wildman–Crippen MR) is 87.5 cm³/mol. The first-order valence-electron chi connectivity index (χ1n) is 7.18. The summed E-state index contributed by atoms with van der Waals surface area (Å²) in [4.78, 5) is 0. The molecule has 0 aliphatic carbocycles. The fourth-order valence-electron chi connectivity index (χ4n) is 2.19. The first kappa shape index (κ1) is 15.7. The topological polar surface area (TPSA) is 18.5 Å². The number of hydrogen-bond acceptors (Lipinski definition) is 2. The molecular formula is C18H21ClO2. The highest BCUT2D eigenvalue weighted by atomic mass is 35.5. The summed E-state index contributed by atoms with van der Waals surface area (Å²) in [5.74, 6) is 2.86. The second-order valence-corrected chi connectivity index (χ2v) is 5.33. The van der Waals surface area contributed by atoms with Gasteiger partial charge in [0.1, 0.15) is 11.5 Å². The van der Waals surface area contributed by atoms with E-state index in [4.69, 9.17) is 21.1 Å². The first-order valence-corrected chi connectivity index (χ1v) is 7.72. The molecule has 0 aromatic heterocycles. The molecule has 112 valence electrons. The zero-order valence-electron chi connectivity index (χ0n) is 12.3. The van der Waals surface area contributed by atoms with Crippen LogP contribution in [0.1, 0.15) is 12.0 Å². The second kappa shape index (κ2) is 8.58. The minimum atomic E-state index is 0.420. The molecule has 0 heterocycles. The third-order valence-corrected chi connectivity index (χ3v) is 3.88. The normalized spacial score (nSPS) is 11.9. The summed E-state index contributed by atoms with van der Waals surface area (Å²) in [6.07, 6.45) is 1.91. The van der Waals surface area contributed by atoms with Crippen LogP contribution in [0.2, 0.25) is 0 Å². The lowest BCUT2D eigenvalue weighted by atomic mass is 9.98. The van der Waals surface area contributed by atoms with Crippen molar-refractivity contribution >= 4 is 11.6 Å². The number of ether oxygens (including phenoxy) is 2. The van der Waals surface area contributed by atoms with E-state index in [2.05, 4.69) is 12.1 Å². The molecule has 0 saturated carbocycles. The highest BCUT2D eigenvalue weighted by molar-refractivity contribution is 6.18. The van der Waals surface area contributed by atoms with Crippen LogP contribution in [0.25, 0.3) is 0 Å². The maximum absolute atomic E-state index is 6.08. The summed E-state index contributed by atoms with van der Waals surface area (Å²) in [5, 5.41) is 0. The third kappa shape index (κ3) is 5.31. The molecule has 2 rings (SSSR count). The molecule has 0 amide bonds. The van der Waals surface area contributed by atoms with E-state index in [9.17, 15) is 0 Å². The molecule has 0 fully saturated rings. The molecule has 0 spiro atoms. The van der Waals surface area contributed by atoms with Crippen molar-refractivity contribution in [1.82, 2.24) is 0 Å². The van der Waals surface area contributed by atoms with Crippen molar-refractivity contribution in [3.05, 3.63) is 60.2 Å². The van der Waals surface area contributed by atoms with Gasteiger partial charge in [-0.2, -0.15) is 0 Å². The van der Waals surface area contributed by atoms with E-state index in [1.165, 1.54) is 5.56 Å². The van der Waals surface area contributed by atoms with Gasteiger partial charge in [-0.05, 0) is 48.6 Å². The monoisotopic (exact) mass is 304 g/mol. The van der Waals surface area contributed by atoms with Crippen LogP contribution in [0, 0.1) is 5.92 Å². The van der Waals surface area contributed by atoms with E-state index < -0.39 is 0 Å². The van der Waals surface area contributed by atoms with E-state index in [-0.39, 0.29) is 0 Å². The van der Waals surface area contributed by atoms with Gasteiger partial charge in [0.15, 0.2) is 0 Å². The molecule has 1 unspecified atom stereocenters. The Morgan fingerprint density at radius 2 is 1.67 bits per heavy atom. The van der Waals surface area contributed by atoms with Crippen molar-refractivity contribution in [2.45, 2.75) is 12.8 Å². The van der Waals surface area contributed by atoms with Crippen LogP contribution < -0.4 is 9.47 Å². The minimum absolute atomic E-state index is 0.420. The van der Waals surface area contributed by atoms with Gasteiger partial charge in [-0.1, -0.05) is 30.3 Å². The molecule has 21 heavy (non-hydrogen) atoms. The summed E-state index contributed by atoms with van der Waals surface area (Å²) in [5.41, 5.74) is 1.28. The Hall–Kier alpha value is -1.67. The van der Waals surface area contributed by atoms with Gasteiger partial charge in [-0.25, -0.2) is 0 Å². The summed E-state index contributed by atoms with van der Waals surface area (Å²) < 4.78 is 10.9. The van der Waals surface area contributed by atoms with Crippen LogP contribution in [-0.2, 0) is 6.42 Å². The summed E-state index contributed by atoms with van der Waals surface area (Å²) in [6, 6.07) is 18.0. The smallest absolute Gasteiger partial charge is 0.119 e. The van der Waals surface area contributed by atoms with Gasteiger partial charge in [0.2, 0.25) is 0 Å². The highest BCUT2D eigenvalue weighted by Crippen LogP contribution is 2.18. The zero-order chi connectivity index (χ0) is 14.9. The average molecular weight is 305 g/mol. The van der Waals surface area contributed by atoms with Crippen molar-refractivity contribution in [3.63, 3.8) is 0 Å². The molecule has 2 aromatic rings. The lowest BCUT2D eigenvalue weighted by Gasteiger charge is -2.15. The van der Waals surface area contributed by atoms with E-state index in [0.29, 0.717) is 18.4 Å². The fraction of sp³-hybridized carbons (Fsp3) is 0.333. The summed E-state index contributed by atoms with van der Waals surface area (Å²) in [6.45, 7) is 0.692. The Morgan fingerprint density at radius 3 is 2.29 bits per heavy atom. The highest BCUT2D eigenvalue weighted by Gasteiger charge is 2.09. The van der Waals surface area contributed by atoms with E-state index >= 15 is 0 Å². The molecule has 0 N–H and O–H groups in total. The van der Waals surface area contributed by atoms with Crippen LogP contribution in [0.15, 0.2) is 54.6 Å². The first-order chi connectivity index (χ1) is 10.3. The number of rotatable bonds is 8. The fourth-order valence-corrected chi connectivity index (χ4v) is 2.45. The number of alkyl halides is 1. The molecular weight excluding hydrogens is 284 g/mol. The SMILES string of the molecule is COc1ccc(CC(CCl)CCOc2ccccc2)cc1. The van der Waals surface area contributed by atoms with Crippen LogP contribution in [0.4, 0.5) is 0 Å². The van der Waals surface area contributed by atoms with Gasteiger partial charge in [-0.3, -0.25) is 0 Å². The maximum atomic E-state index is 6.08. The number of methoxy groups -OCH3 is 1. The van der Waals surface area contributed by atoms with E-state index in [0.717, 1.165) is 24.3 Å². The standard InChI is InChI=1S/C18H21ClO2/c1-20-17-9-7-15(8-10-17)13-16(14-19)11-12-21-18-5-3-2-4-6-18/h2-10,16H,11-14H2,1H3. The van der Waals surface area contributed by atoms with E-state index in [1.807, 2.05) is 42.5 Å². The Labute approximate surface area is 131 Å². The second-order valence-electron chi connectivity index (χ2n) is 5.02. The number of benzene rings is 2. The predicted octanol–water partition coefficient (Wildman–Crippen LogP) is 4.56. The van der Waals surface area contributed by atoms with Crippen molar-refractivity contribution in [2.75, 3.05) is 19.6 Å². The summed E-state index contributed by atoms with van der Waals surface area (Å²) in [7, 11) is 1.68. The van der Waals surface area contributed by atoms with Gasteiger partial charge in [0.05, 0.1) is 13.7 Å². The molecule has 3 heteroatoms. The molecule has 0 aliphatic rings. The quantitative estimate of drug-likeness (QED) is 0.666. The van der Waals surface area contributed by atoms with Gasteiger partial charge in [-0.15, -0.1) is 11.6 Å². The van der Waals surface area contributed by atoms with Crippen LogP contribution in [0.5, 0.6) is 11.5 Å². The maximum Gasteiger partial charge on any atom is 0.119 e. The van der Waals surface area contributed by atoms with E-state index in [1.54, 1.807) is 7.11 Å². The van der Waals surface area contributed by atoms with Gasteiger partial charge >= 0.3 is 0 Å². The van der Waals surface area contributed by atoms with Gasteiger partial charge < -0.3 is 9.47 Å². The van der Waals surface area contributed by atoms with Crippen LogP contribution in [-0.4, -0.2) is 19.6 Å².